The number of hydrogen-bond acceptors (Lipinski definition) is 7. The molecule has 190 valence electrons. The van der Waals surface area contributed by atoms with Crippen LogP contribution in [0.2, 0.25) is 10.0 Å². The molecule has 1 aromatic carbocycles. The quantitative estimate of drug-likeness (QED) is 0.464. The molecule has 0 bridgehead atoms. The molecule has 0 amide bonds. The fourth-order valence-electron chi connectivity index (χ4n) is 4.48. The summed E-state index contributed by atoms with van der Waals surface area (Å²) in [4.78, 5) is 11.1. The molecule has 0 aliphatic carbocycles. The third-order valence-corrected chi connectivity index (χ3v) is 6.83. The highest BCUT2D eigenvalue weighted by Gasteiger charge is 2.27. The Labute approximate surface area is 226 Å². The molecule has 2 atom stereocenters. The Bertz CT molecular complexity index is 1150. The van der Waals surface area contributed by atoms with Crippen LogP contribution in [0.5, 0.6) is 11.5 Å². The van der Waals surface area contributed by atoms with Crippen molar-refractivity contribution in [2.45, 2.75) is 31.5 Å². The van der Waals surface area contributed by atoms with E-state index < -0.39 is 6.10 Å². The normalized spacial score (nSPS) is 19.6. The number of fused-ring (bicyclic) bond motifs is 2. The second-order valence-electron chi connectivity index (χ2n) is 8.46. The first-order valence-corrected chi connectivity index (χ1v) is 11.9. The molecule has 0 radical (unpaired) electrons. The number of ether oxygens (including phenoxy) is 2. The smallest absolute Gasteiger partial charge is 0.179 e. The van der Waals surface area contributed by atoms with E-state index in [1.54, 1.807) is 12.4 Å². The van der Waals surface area contributed by atoms with Crippen LogP contribution in [-0.4, -0.2) is 65.0 Å². The monoisotopic (exact) mass is 560 g/mol. The molecule has 2 aromatic heterocycles. The summed E-state index contributed by atoms with van der Waals surface area (Å²) >= 11 is 12.7. The first-order valence-electron chi connectivity index (χ1n) is 11.2. The van der Waals surface area contributed by atoms with Crippen LogP contribution in [-0.2, 0) is 13.0 Å². The molecule has 0 spiro atoms. The van der Waals surface area contributed by atoms with Gasteiger partial charge < -0.3 is 24.8 Å². The second kappa shape index (κ2) is 12.6. The van der Waals surface area contributed by atoms with E-state index in [9.17, 15) is 5.11 Å². The van der Waals surface area contributed by atoms with Crippen LogP contribution in [0.25, 0.3) is 10.9 Å². The Kier molecular flexibility index (Phi) is 10.1. The maximum Gasteiger partial charge on any atom is 0.179 e. The molecule has 5 rings (SSSR count). The highest BCUT2D eigenvalue weighted by Crippen LogP contribution is 2.30. The number of benzene rings is 1. The van der Waals surface area contributed by atoms with Gasteiger partial charge in [0.05, 0.1) is 28.5 Å². The molecule has 35 heavy (non-hydrogen) atoms. The van der Waals surface area contributed by atoms with E-state index in [0.29, 0.717) is 42.1 Å². The van der Waals surface area contributed by atoms with E-state index in [4.69, 9.17) is 32.7 Å². The number of aromatic nitrogens is 2. The standard InChI is InChI=1S/C24H26Cl2N4O3.2ClH/c25-15-1-2-20-18(9-15)17(19(26)12-29-20)3-5-30-6-4-21(22(31)14-30)28-11-16-10-23-24(13-27-16)33-8-7-32-23;;/h1-2,9-10,12-13,21-22,28,31H,3-8,11,14H2;2*1H/t21-,22+;;/m1../s1. The van der Waals surface area contributed by atoms with Gasteiger partial charge in [0.25, 0.3) is 0 Å². The van der Waals surface area contributed by atoms with Gasteiger partial charge in [-0.15, -0.1) is 24.8 Å². The molecule has 4 heterocycles. The molecule has 3 aromatic rings. The van der Waals surface area contributed by atoms with Crippen LogP contribution in [0.1, 0.15) is 17.7 Å². The molecular weight excluding hydrogens is 534 g/mol. The molecule has 1 fully saturated rings. The van der Waals surface area contributed by atoms with E-state index in [1.165, 1.54) is 0 Å². The van der Waals surface area contributed by atoms with Gasteiger partial charge in [0.1, 0.15) is 13.2 Å². The average Bonchev–Trinajstić information content (AvgIpc) is 2.82. The molecule has 0 saturated carbocycles. The molecule has 2 N–H and O–H groups in total. The van der Waals surface area contributed by atoms with E-state index in [2.05, 4.69) is 20.2 Å². The average molecular weight is 562 g/mol. The van der Waals surface area contributed by atoms with Crippen molar-refractivity contribution in [2.24, 2.45) is 0 Å². The highest BCUT2D eigenvalue weighted by atomic mass is 35.5. The van der Waals surface area contributed by atoms with Crippen LogP contribution in [0, 0.1) is 0 Å². The zero-order chi connectivity index (χ0) is 22.8. The SMILES string of the molecule is Cl.Cl.O[C@H]1CN(CCc2c(Cl)cnc3ccc(Cl)cc23)CC[C@H]1NCc1cc2c(cn1)OCCO2. The van der Waals surface area contributed by atoms with Crippen LogP contribution in [0.4, 0.5) is 0 Å². The molecule has 7 nitrogen and oxygen atoms in total. The summed E-state index contributed by atoms with van der Waals surface area (Å²) in [7, 11) is 0. The van der Waals surface area contributed by atoms with Crippen molar-refractivity contribution in [1.29, 1.82) is 0 Å². The van der Waals surface area contributed by atoms with E-state index in [1.807, 2.05) is 24.3 Å². The Morgan fingerprint density at radius 1 is 1.06 bits per heavy atom. The highest BCUT2D eigenvalue weighted by molar-refractivity contribution is 6.33. The van der Waals surface area contributed by atoms with Crippen molar-refractivity contribution < 1.29 is 14.6 Å². The maximum atomic E-state index is 10.7. The third kappa shape index (κ3) is 6.60. The second-order valence-corrected chi connectivity index (χ2v) is 9.30. The van der Waals surface area contributed by atoms with E-state index in [0.717, 1.165) is 53.8 Å². The Morgan fingerprint density at radius 3 is 2.66 bits per heavy atom. The van der Waals surface area contributed by atoms with Gasteiger partial charge in [-0.3, -0.25) is 9.97 Å². The summed E-state index contributed by atoms with van der Waals surface area (Å²) in [6, 6.07) is 7.58. The van der Waals surface area contributed by atoms with Gasteiger partial charge >= 0.3 is 0 Å². The first-order chi connectivity index (χ1) is 16.1. The summed E-state index contributed by atoms with van der Waals surface area (Å²) in [6.45, 7) is 3.97. The lowest BCUT2D eigenvalue weighted by atomic mass is 10.0. The van der Waals surface area contributed by atoms with Crippen LogP contribution >= 0.6 is 48.0 Å². The van der Waals surface area contributed by atoms with Gasteiger partial charge in [0.15, 0.2) is 11.5 Å². The minimum absolute atomic E-state index is 0. The van der Waals surface area contributed by atoms with Gasteiger partial charge in [0, 0.05) is 48.3 Å². The maximum absolute atomic E-state index is 10.7. The molecule has 11 heteroatoms. The van der Waals surface area contributed by atoms with Crippen molar-refractivity contribution in [3.8, 4) is 11.5 Å². The number of β-amino-alcohol motifs (C(OH)–C–C–N with tert-alkyl or cyclic N) is 1. The Balaban J connectivity index is 0.00000171. The van der Waals surface area contributed by atoms with Gasteiger partial charge in [-0.2, -0.15) is 0 Å². The van der Waals surface area contributed by atoms with Gasteiger partial charge in [0.2, 0.25) is 0 Å². The van der Waals surface area contributed by atoms with E-state index in [-0.39, 0.29) is 30.9 Å². The minimum atomic E-state index is -0.463. The van der Waals surface area contributed by atoms with Crippen molar-refractivity contribution in [2.75, 3.05) is 32.8 Å². The number of pyridine rings is 2. The Morgan fingerprint density at radius 2 is 1.86 bits per heavy atom. The largest absolute Gasteiger partial charge is 0.486 e. The lowest BCUT2D eigenvalue weighted by Gasteiger charge is -2.36. The minimum Gasteiger partial charge on any atom is -0.486 e. The lowest BCUT2D eigenvalue weighted by Crippen LogP contribution is -2.52. The van der Waals surface area contributed by atoms with Gasteiger partial charge in [-0.05, 0) is 43.1 Å². The molecule has 2 aliphatic heterocycles. The number of likely N-dealkylation sites (tertiary alicyclic amines) is 1. The Hall–Kier alpha value is -1.58. The topological polar surface area (TPSA) is 79.7 Å². The number of piperidine rings is 1. The van der Waals surface area contributed by atoms with Crippen molar-refractivity contribution in [3.63, 3.8) is 0 Å². The number of aliphatic hydroxyl groups is 1. The van der Waals surface area contributed by atoms with Gasteiger partial charge in [-0.1, -0.05) is 23.2 Å². The van der Waals surface area contributed by atoms with E-state index >= 15 is 0 Å². The molecule has 2 aliphatic rings. The summed E-state index contributed by atoms with van der Waals surface area (Å²) in [6.07, 6.45) is 4.55. The number of halogens is 4. The number of hydrogen-bond donors (Lipinski definition) is 2. The predicted molar refractivity (Wildman–Crippen MR) is 143 cm³/mol. The zero-order valence-electron chi connectivity index (χ0n) is 19.0. The summed E-state index contributed by atoms with van der Waals surface area (Å²) in [5.74, 6) is 1.41. The van der Waals surface area contributed by atoms with Gasteiger partial charge in [-0.25, -0.2) is 0 Å². The molecule has 0 unspecified atom stereocenters. The molecular formula is C24H28Cl4N4O3. The number of rotatable bonds is 6. The molecule has 1 saturated heterocycles. The number of nitrogens with zero attached hydrogens (tertiary/aromatic N) is 3. The van der Waals surface area contributed by atoms with Crippen molar-refractivity contribution in [1.82, 2.24) is 20.2 Å². The third-order valence-electron chi connectivity index (χ3n) is 6.27. The fourth-order valence-corrected chi connectivity index (χ4v) is 4.90. The number of aliphatic hydroxyl groups excluding tert-OH is 1. The van der Waals surface area contributed by atoms with Crippen LogP contribution in [0.3, 0.4) is 0 Å². The van der Waals surface area contributed by atoms with Crippen LogP contribution < -0.4 is 14.8 Å². The van der Waals surface area contributed by atoms with Crippen LogP contribution in [0.15, 0.2) is 36.7 Å². The predicted octanol–water partition coefficient (Wildman–Crippen LogP) is 4.32. The lowest BCUT2D eigenvalue weighted by molar-refractivity contribution is 0.0403. The van der Waals surface area contributed by atoms with Crippen molar-refractivity contribution in [3.05, 3.63) is 58.0 Å². The number of nitrogens with one attached hydrogen (secondary N) is 1. The van der Waals surface area contributed by atoms with Crippen molar-refractivity contribution >= 4 is 58.9 Å². The summed E-state index contributed by atoms with van der Waals surface area (Å²) < 4.78 is 11.1. The zero-order valence-corrected chi connectivity index (χ0v) is 22.1. The summed E-state index contributed by atoms with van der Waals surface area (Å²) in [5, 5.41) is 16.5. The fraction of sp³-hybridized carbons (Fsp3) is 0.417. The summed E-state index contributed by atoms with van der Waals surface area (Å²) in [5.41, 5.74) is 2.80. The first kappa shape index (κ1) is 28.0.